The number of allylic oxidation sites excluding steroid dienone is 2. The molecule has 11 heteroatoms. The summed E-state index contributed by atoms with van der Waals surface area (Å²) in [7, 11) is 8.78. The second-order valence-corrected chi connectivity index (χ2v) is 12.1. The first kappa shape index (κ1) is 29.4. The lowest BCUT2D eigenvalue weighted by Crippen LogP contribution is -2.21. The summed E-state index contributed by atoms with van der Waals surface area (Å²) >= 11 is 0. The third kappa shape index (κ3) is 6.52. The number of carboxylic acid groups (broad SMARTS) is 1. The van der Waals surface area contributed by atoms with Gasteiger partial charge in [-0.25, -0.2) is 19.7 Å². The SMILES string of the molecule is [B]c1cc(C)ccc1COc1nc(C2=CCC(Cc3nc4ccc(C(=O)O)nc4n3CC(C)(C)C#N)CC2)ncc1P. The molecule has 1 N–H and O–H groups in total. The number of aromatic nitrogens is 5. The molecule has 212 valence electrons. The predicted molar refractivity (Wildman–Crippen MR) is 165 cm³/mol. The van der Waals surface area contributed by atoms with Crippen molar-refractivity contribution in [3.63, 3.8) is 0 Å². The van der Waals surface area contributed by atoms with Crippen molar-refractivity contribution in [1.82, 2.24) is 24.5 Å². The van der Waals surface area contributed by atoms with Gasteiger partial charge in [-0.1, -0.05) is 44.5 Å². The van der Waals surface area contributed by atoms with Gasteiger partial charge in [0.15, 0.2) is 17.2 Å². The van der Waals surface area contributed by atoms with E-state index in [4.69, 9.17) is 22.6 Å². The molecule has 3 heterocycles. The van der Waals surface area contributed by atoms with Crippen LogP contribution in [-0.2, 0) is 19.6 Å². The van der Waals surface area contributed by atoms with Gasteiger partial charge in [0.2, 0.25) is 5.88 Å². The van der Waals surface area contributed by atoms with E-state index in [9.17, 15) is 15.2 Å². The number of fused-ring (bicyclic) bond motifs is 1. The molecule has 0 aliphatic heterocycles. The van der Waals surface area contributed by atoms with Crippen LogP contribution in [0, 0.1) is 29.6 Å². The van der Waals surface area contributed by atoms with Crippen LogP contribution in [0.4, 0.5) is 0 Å². The number of ether oxygens (including phenoxy) is 1. The summed E-state index contributed by atoms with van der Waals surface area (Å²) in [5.74, 6) is 1.19. The first-order chi connectivity index (χ1) is 20.0. The van der Waals surface area contributed by atoms with Crippen LogP contribution in [0.25, 0.3) is 16.7 Å². The van der Waals surface area contributed by atoms with E-state index in [0.29, 0.717) is 53.8 Å². The minimum atomic E-state index is -1.10. The molecular weight excluding hydrogens is 546 g/mol. The van der Waals surface area contributed by atoms with E-state index in [1.54, 1.807) is 12.3 Å². The van der Waals surface area contributed by atoms with Crippen LogP contribution in [0.1, 0.15) is 66.4 Å². The number of aryl methyl sites for hydroxylation is 1. The van der Waals surface area contributed by atoms with Gasteiger partial charge in [-0.2, -0.15) is 10.2 Å². The number of pyridine rings is 1. The first-order valence-corrected chi connectivity index (χ1v) is 14.4. The van der Waals surface area contributed by atoms with E-state index < -0.39 is 11.4 Å². The molecule has 1 aromatic carbocycles. The summed E-state index contributed by atoms with van der Waals surface area (Å²) in [5, 5.41) is 19.9. The molecule has 1 aliphatic rings. The van der Waals surface area contributed by atoms with Crippen molar-refractivity contribution < 1.29 is 14.6 Å². The summed E-state index contributed by atoms with van der Waals surface area (Å²) < 4.78 is 7.95. The lowest BCUT2D eigenvalue weighted by Gasteiger charge is -2.23. The number of nitrogens with zero attached hydrogens (tertiary/aromatic N) is 6. The zero-order chi connectivity index (χ0) is 30.0. The molecule has 2 radical (unpaired) electrons. The Labute approximate surface area is 248 Å². The van der Waals surface area contributed by atoms with Crippen molar-refractivity contribution in [3.05, 3.63) is 71.1 Å². The minimum absolute atomic E-state index is 0.0441. The smallest absolute Gasteiger partial charge is 0.354 e. The maximum absolute atomic E-state index is 11.6. The zero-order valence-corrected chi connectivity index (χ0v) is 25.1. The molecule has 9 nitrogen and oxygen atoms in total. The normalized spacial score (nSPS) is 15.3. The summed E-state index contributed by atoms with van der Waals surface area (Å²) in [6.07, 6.45) is 7.15. The van der Waals surface area contributed by atoms with Crippen LogP contribution < -0.4 is 15.5 Å². The van der Waals surface area contributed by atoms with Crippen molar-refractivity contribution in [1.29, 1.82) is 5.26 Å². The highest BCUT2D eigenvalue weighted by molar-refractivity contribution is 7.27. The Morgan fingerprint density at radius 1 is 1.26 bits per heavy atom. The highest BCUT2D eigenvalue weighted by atomic mass is 31.0. The minimum Gasteiger partial charge on any atom is -0.477 e. The van der Waals surface area contributed by atoms with Gasteiger partial charge in [-0.05, 0) is 69.2 Å². The van der Waals surface area contributed by atoms with Crippen LogP contribution in [0.5, 0.6) is 5.88 Å². The maximum Gasteiger partial charge on any atom is 0.354 e. The van der Waals surface area contributed by atoms with Crippen molar-refractivity contribution >= 4 is 50.6 Å². The molecule has 0 bridgehead atoms. The molecular formula is C31H32BN6O3P. The third-order valence-corrected chi connectivity index (χ3v) is 7.87. The van der Waals surface area contributed by atoms with Crippen LogP contribution in [0.2, 0.25) is 0 Å². The average molecular weight is 578 g/mol. The number of imidazole rings is 1. The molecule has 0 fully saturated rings. The van der Waals surface area contributed by atoms with Crippen molar-refractivity contribution in [2.24, 2.45) is 11.3 Å². The van der Waals surface area contributed by atoms with Gasteiger partial charge in [0.25, 0.3) is 0 Å². The molecule has 0 spiro atoms. The number of nitriles is 1. The Morgan fingerprint density at radius 2 is 2.07 bits per heavy atom. The highest BCUT2D eigenvalue weighted by Gasteiger charge is 2.26. The number of rotatable bonds is 9. The van der Waals surface area contributed by atoms with E-state index in [0.717, 1.165) is 47.1 Å². The Hall–Kier alpha value is -4.09. The Morgan fingerprint density at radius 3 is 2.76 bits per heavy atom. The van der Waals surface area contributed by atoms with Gasteiger partial charge in [0, 0.05) is 24.5 Å². The van der Waals surface area contributed by atoms with Gasteiger partial charge in [0.05, 0.1) is 11.5 Å². The van der Waals surface area contributed by atoms with E-state index in [1.807, 2.05) is 43.5 Å². The molecule has 2 unspecified atom stereocenters. The molecule has 0 saturated carbocycles. The molecule has 42 heavy (non-hydrogen) atoms. The van der Waals surface area contributed by atoms with Gasteiger partial charge < -0.3 is 14.4 Å². The van der Waals surface area contributed by atoms with Crippen LogP contribution in [-0.4, -0.2) is 43.4 Å². The number of hydrogen-bond acceptors (Lipinski definition) is 7. The van der Waals surface area contributed by atoms with Crippen LogP contribution in [0.3, 0.4) is 0 Å². The summed E-state index contributed by atoms with van der Waals surface area (Å²) in [5.41, 5.74) is 4.17. The summed E-state index contributed by atoms with van der Waals surface area (Å²) in [6.45, 7) is 6.39. The molecule has 1 aliphatic carbocycles. The third-order valence-electron chi connectivity index (χ3n) is 7.47. The van der Waals surface area contributed by atoms with Crippen LogP contribution >= 0.6 is 9.24 Å². The number of aromatic carboxylic acids is 1. The second kappa shape index (κ2) is 12.0. The quantitative estimate of drug-likeness (QED) is 0.233. The molecule has 0 saturated heterocycles. The molecule has 4 aromatic rings. The van der Waals surface area contributed by atoms with Crippen molar-refractivity contribution in [2.45, 2.75) is 59.6 Å². The fourth-order valence-electron chi connectivity index (χ4n) is 5.09. The molecule has 0 amide bonds. The van der Waals surface area contributed by atoms with Gasteiger partial charge in [-0.3, -0.25) is 0 Å². The molecule has 3 aromatic heterocycles. The first-order valence-electron chi connectivity index (χ1n) is 13.8. The van der Waals surface area contributed by atoms with E-state index in [2.05, 4.69) is 31.4 Å². The average Bonchev–Trinajstić information content (AvgIpc) is 3.29. The standard InChI is InChI=1S/C31H32BN6O3P/c1-18-4-7-21(22(32)12-18)15-41-29-25(42)14-34-27(37-29)20-8-5-19(6-9-20)13-26-35-23-10-11-24(30(39)40)36-28(23)38(26)17-31(2,3)16-33/h4,7-8,10-12,14,19H,5-6,9,13,15,17,42H2,1-3H3,(H,39,40). The number of carboxylic acids is 1. The summed E-state index contributed by atoms with van der Waals surface area (Å²) in [6, 6.07) is 11.4. The second-order valence-electron chi connectivity index (χ2n) is 11.5. The van der Waals surface area contributed by atoms with E-state index in [1.165, 1.54) is 6.07 Å². The van der Waals surface area contributed by atoms with Crippen molar-refractivity contribution in [2.75, 3.05) is 0 Å². The Bertz CT molecular complexity index is 1740. The van der Waals surface area contributed by atoms with Gasteiger partial charge in [-0.15, -0.1) is 0 Å². The highest BCUT2D eigenvalue weighted by Crippen LogP contribution is 2.32. The summed E-state index contributed by atoms with van der Waals surface area (Å²) in [4.78, 5) is 30.0. The van der Waals surface area contributed by atoms with Crippen LogP contribution in [0.15, 0.2) is 42.6 Å². The van der Waals surface area contributed by atoms with Gasteiger partial charge >= 0.3 is 5.97 Å². The monoisotopic (exact) mass is 578 g/mol. The maximum atomic E-state index is 11.6. The lowest BCUT2D eigenvalue weighted by molar-refractivity contribution is 0.0691. The predicted octanol–water partition coefficient (Wildman–Crippen LogP) is 4.08. The van der Waals surface area contributed by atoms with E-state index in [-0.39, 0.29) is 5.69 Å². The lowest BCUT2D eigenvalue weighted by atomic mass is 9.86. The number of benzene rings is 1. The number of hydrogen-bond donors (Lipinski definition) is 1. The number of carbonyl (C=O) groups is 1. The zero-order valence-electron chi connectivity index (χ0n) is 24.0. The Kier molecular flexibility index (Phi) is 8.42. The van der Waals surface area contributed by atoms with E-state index >= 15 is 0 Å². The fraction of sp³-hybridized carbons (Fsp3) is 0.355. The van der Waals surface area contributed by atoms with Crippen molar-refractivity contribution in [3.8, 4) is 11.9 Å². The topological polar surface area (TPSA) is 127 Å². The fourth-order valence-corrected chi connectivity index (χ4v) is 5.32. The van der Waals surface area contributed by atoms with Gasteiger partial charge in [0.1, 0.15) is 25.8 Å². The largest absolute Gasteiger partial charge is 0.477 e. The molecule has 2 atom stereocenters. The Balaban J connectivity index is 1.33. The molecule has 5 rings (SSSR count).